The molecule has 2 N–H and O–H groups in total. The highest BCUT2D eigenvalue weighted by Gasteiger charge is 2.17. The van der Waals surface area contributed by atoms with Gasteiger partial charge in [-0.1, -0.05) is 32.9 Å². The molecule has 1 amide bonds. The van der Waals surface area contributed by atoms with Gasteiger partial charge in [0.05, 0.1) is 10.6 Å². The number of hydrogen-bond donors (Lipinski definition) is 2. The van der Waals surface area contributed by atoms with E-state index in [0.717, 1.165) is 5.56 Å². The molecular weight excluding hydrogens is 336 g/mol. The molecule has 0 aliphatic rings. The summed E-state index contributed by atoms with van der Waals surface area (Å²) >= 11 is 0. The fourth-order valence-electron chi connectivity index (χ4n) is 1.93. The van der Waals surface area contributed by atoms with Crippen LogP contribution in [0.15, 0.2) is 29.2 Å². The maximum atomic E-state index is 12.2. The zero-order valence-corrected chi connectivity index (χ0v) is 15.8. The van der Waals surface area contributed by atoms with Gasteiger partial charge in [-0.15, -0.1) is 12.4 Å². The van der Waals surface area contributed by atoms with Gasteiger partial charge in [0, 0.05) is 19.5 Å². The second kappa shape index (κ2) is 9.25. The lowest BCUT2D eigenvalue weighted by atomic mass is 9.87. The standard InChI is InChI=1S/C16H26N2O3S.ClH/c1-16(2,3)13-5-7-14(8-6-13)22(20,21)12-11-18-15(19)9-10-17-4;/h5-8,17H,9-12H2,1-4H3,(H,18,19);1H. The van der Waals surface area contributed by atoms with E-state index in [4.69, 9.17) is 0 Å². The van der Waals surface area contributed by atoms with Gasteiger partial charge in [-0.25, -0.2) is 8.42 Å². The molecule has 1 aromatic rings. The Morgan fingerprint density at radius 2 is 1.65 bits per heavy atom. The van der Waals surface area contributed by atoms with Gasteiger partial charge in [0.1, 0.15) is 0 Å². The van der Waals surface area contributed by atoms with Crippen LogP contribution in [0.25, 0.3) is 0 Å². The van der Waals surface area contributed by atoms with E-state index in [0.29, 0.717) is 17.9 Å². The Kier molecular flexibility index (Phi) is 8.80. The molecule has 0 atom stereocenters. The molecule has 0 unspecified atom stereocenters. The van der Waals surface area contributed by atoms with E-state index in [9.17, 15) is 13.2 Å². The van der Waals surface area contributed by atoms with Crippen LogP contribution >= 0.6 is 12.4 Å². The lowest BCUT2D eigenvalue weighted by Gasteiger charge is -2.19. The summed E-state index contributed by atoms with van der Waals surface area (Å²) < 4.78 is 24.5. The molecule has 0 spiro atoms. The normalized spacial score (nSPS) is 11.7. The van der Waals surface area contributed by atoms with Crippen LogP contribution in [0.1, 0.15) is 32.8 Å². The van der Waals surface area contributed by atoms with Gasteiger partial charge in [-0.3, -0.25) is 4.79 Å². The molecule has 0 aliphatic heterocycles. The maximum absolute atomic E-state index is 12.2. The molecule has 7 heteroatoms. The van der Waals surface area contributed by atoms with Crippen molar-refractivity contribution in [2.45, 2.75) is 37.5 Å². The van der Waals surface area contributed by atoms with E-state index in [-0.39, 0.29) is 36.0 Å². The number of carbonyl (C=O) groups excluding carboxylic acids is 1. The highest BCUT2D eigenvalue weighted by atomic mass is 35.5. The summed E-state index contributed by atoms with van der Waals surface area (Å²) in [6.45, 7) is 6.95. The summed E-state index contributed by atoms with van der Waals surface area (Å²) in [5.41, 5.74) is 1.08. The number of amides is 1. The highest BCUT2D eigenvalue weighted by Crippen LogP contribution is 2.23. The van der Waals surface area contributed by atoms with Gasteiger partial charge >= 0.3 is 0 Å². The largest absolute Gasteiger partial charge is 0.355 e. The Balaban J connectivity index is 0.00000484. The summed E-state index contributed by atoms with van der Waals surface area (Å²) in [7, 11) is -1.61. The molecule has 0 radical (unpaired) electrons. The lowest BCUT2D eigenvalue weighted by molar-refractivity contribution is -0.120. The number of rotatable bonds is 7. The first-order valence-corrected chi connectivity index (χ1v) is 9.06. The van der Waals surface area contributed by atoms with Gasteiger partial charge < -0.3 is 10.6 Å². The molecule has 0 fully saturated rings. The Bertz CT molecular complexity index is 593. The summed E-state index contributed by atoms with van der Waals surface area (Å²) in [6, 6.07) is 6.97. The SMILES string of the molecule is CNCCC(=O)NCCS(=O)(=O)c1ccc(C(C)(C)C)cc1.Cl. The predicted octanol–water partition coefficient (Wildman–Crippen LogP) is 1.91. The number of nitrogens with one attached hydrogen (secondary N) is 2. The molecule has 23 heavy (non-hydrogen) atoms. The molecule has 0 heterocycles. The van der Waals surface area contributed by atoms with Crippen LogP contribution in [-0.2, 0) is 20.0 Å². The van der Waals surface area contributed by atoms with Crippen LogP contribution in [0.2, 0.25) is 0 Å². The van der Waals surface area contributed by atoms with E-state index < -0.39 is 9.84 Å². The smallest absolute Gasteiger partial charge is 0.221 e. The highest BCUT2D eigenvalue weighted by molar-refractivity contribution is 7.91. The van der Waals surface area contributed by atoms with Gasteiger partial charge in [0.25, 0.3) is 0 Å². The van der Waals surface area contributed by atoms with Crippen molar-refractivity contribution in [2.75, 3.05) is 25.9 Å². The molecule has 0 aromatic heterocycles. The molecule has 0 saturated heterocycles. The monoisotopic (exact) mass is 362 g/mol. The van der Waals surface area contributed by atoms with Crippen molar-refractivity contribution in [2.24, 2.45) is 0 Å². The number of benzene rings is 1. The maximum Gasteiger partial charge on any atom is 0.221 e. The van der Waals surface area contributed by atoms with Gasteiger partial charge in [-0.2, -0.15) is 0 Å². The van der Waals surface area contributed by atoms with Crippen molar-refractivity contribution in [3.05, 3.63) is 29.8 Å². The third kappa shape index (κ3) is 7.33. The minimum absolute atomic E-state index is 0. The number of sulfone groups is 1. The average Bonchev–Trinajstić information content (AvgIpc) is 2.44. The quantitative estimate of drug-likeness (QED) is 0.776. The van der Waals surface area contributed by atoms with E-state index in [1.165, 1.54) is 0 Å². The lowest BCUT2D eigenvalue weighted by Crippen LogP contribution is -2.30. The van der Waals surface area contributed by atoms with Crippen molar-refractivity contribution in [3.63, 3.8) is 0 Å². The van der Waals surface area contributed by atoms with Crippen LogP contribution in [0.3, 0.4) is 0 Å². The first-order valence-electron chi connectivity index (χ1n) is 7.41. The zero-order valence-electron chi connectivity index (χ0n) is 14.2. The molecular formula is C16H27ClN2O3S. The zero-order chi connectivity index (χ0) is 16.8. The second-order valence-electron chi connectivity index (χ2n) is 6.30. The van der Waals surface area contributed by atoms with E-state index >= 15 is 0 Å². The first-order chi connectivity index (χ1) is 10.2. The van der Waals surface area contributed by atoms with Crippen molar-refractivity contribution in [1.82, 2.24) is 10.6 Å². The van der Waals surface area contributed by atoms with Crippen LogP contribution in [-0.4, -0.2) is 40.2 Å². The van der Waals surface area contributed by atoms with Gasteiger partial charge in [0.15, 0.2) is 9.84 Å². The van der Waals surface area contributed by atoms with Gasteiger partial charge in [-0.05, 0) is 30.2 Å². The minimum Gasteiger partial charge on any atom is -0.355 e. The van der Waals surface area contributed by atoms with Gasteiger partial charge in [0.2, 0.25) is 5.91 Å². The van der Waals surface area contributed by atoms with E-state index in [1.807, 2.05) is 12.1 Å². The topological polar surface area (TPSA) is 75.3 Å². The summed E-state index contributed by atoms with van der Waals surface area (Å²) in [6.07, 6.45) is 0.344. The van der Waals surface area contributed by atoms with Crippen LogP contribution in [0, 0.1) is 0 Å². The van der Waals surface area contributed by atoms with E-state index in [1.54, 1.807) is 19.2 Å². The molecule has 0 aliphatic carbocycles. The fourth-order valence-corrected chi connectivity index (χ4v) is 3.09. The first kappa shape index (κ1) is 21.9. The number of hydrogen-bond acceptors (Lipinski definition) is 4. The Morgan fingerprint density at radius 3 is 2.13 bits per heavy atom. The average molecular weight is 363 g/mol. The summed E-state index contributed by atoms with van der Waals surface area (Å²) in [4.78, 5) is 11.7. The molecule has 0 saturated carbocycles. The minimum atomic E-state index is -3.37. The summed E-state index contributed by atoms with van der Waals surface area (Å²) in [5.74, 6) is -0.236. The second-order valence-corrected chi connectivity index (χ2v) is 8.41. The number of carbonyl (C=O) groups is 1. The molecule has 132 valence electrons. The third-order valence-corrected chi connectivity index (χ3v) is 5.11. The Hall–Kier alpha value is -1.11. The number of halogens is 1. The molecule has 1 aromatic carbocycles. The third-order valence-electron chi connectivity index (χ3n) is 3.37. The van der Waals surface area contributed by atoms with Crippen LogP contribution in [0.4, 0.5) is 0 Å². The molecule has 1 rings (SSSR count). The van der Waals surface area contributed by atoms with E-state index in [2.05, 4.69) is 31.4 Å². The Morgan fingerprint density at radius 1 is 1.09 bits per heavy atom. The molecule has 5 nitrogen and oxygen atoms in total. The van der Waals surface area contributed by atoms with Crippen molar-refractivity contribution in [3.8, 4) is 0 Å². The van der Waals surface area contributed by atoms with Crippen LogP contribution in [0.5, 0.6) is 0 Å². The molecule has 0 bridgehead atoms. The fraction of sp³-hybridized carbons (Fsp3) is 0.562. The summed E-state index contributed by atoms with van der Waals surface area (Å²) in [5, 5.41) is 5.49. The van der Waals surface area contributed by atoms with Crippen molar-refractivity contribution in [1.29, 1.82) is 0 Å². The van der Waals surface area contributed by atoms with Crippen molar-refractivity contribution < 1.29 is 13.2 Å². The van der Waals surface area contributed by atoms with Crippen molar-refractivity contribution >= 4 is 28.2 Å². The predicted molar refractivity (Wildman–Crippen MR) is 96.0 cm³/mol. The van der Waals surface area contributed by atoms with Crippen LogP contribution < -0.4 is 10.6 Å². The Labute approximate surface area is 145 Å².